The lowest BCUT2D eigenvalue weighted by Gasteiger charge is -2.10. The van der Waals surface area contributed by atoms with Gasteiger partial charge in [-0.1, -0.05) is 13.3 Å². The minimum atomic E-state index is 0.115. The molecule has 1 atom stereocenters. The molecule has 0 aliphatic rings. The van der Waals surface area contributed by atoms with Gasteiger partial charge in [0.25, 0.3) is 0 Å². The molecule has 90 valence electrons. The van der Waals surface area contributed by atoms with E-state index in [-0.39, 0.29) is 5.38 Å². The standard InChI is InChI=1S/C11H18ClN3O/c1-3-5-9(12)8-14-11-13-7-6-10(15-11)16-4-2/h6-7,9H,3-5,8H2,1-2H3,(H,13,14,15). The van der Waals surface area contributed by atoms with Crippen molar-refractivity contribution in [2.75, 3.05) is 18.5 Å². The third-order valence-corrected chi connectivity index (χ3v) is 2.38. The van der Waals surface area contributed by atoms with Crippen LogP contribution in [0.1, 0.15) is 26.7 Å². The lowest BCUT2D eigenvalue weighted by atomic mass is 10.2. The summed E-state index contributed by atoms with van der Waals surface area (Å²) in [5.41, 5.74) is 0. The average molecular weight is 244 g/mol. The summed E-state index contributed by atoms with van der Waals surface area (Å²) in [6.07, 6.45) is 3.73. The van der Waals surface area contributed by atoms with E-state index in [0.717, 1.165) is 12.8 Å². The van der Waals surface area contributed by atoms with Crippen molar-refractivity contribution >= 4 is 17.5 Å². The van der Waals surface area contributed by atoms with Crippen LogP contribution in [0.4, 0.5) is 5.95 Å². The van der Waals surface area contributed by atoms with E-state index >= 15 is 0 Å². The Balaban J connectivity index is 2.44. The van der Waals surface area contributed by atoms with E-state index in [4.69, 9.17) is 16.3 Å². The quantitative estimate of drug-likeness (QED) is 0.748. The summed E-state index contributed by atoms with van der Waals surface area (Å²) in [6.45, 7) is 5.31. The fourth-order valence-electron chi connectivity index (χ4n) is 1.27. The molecule has 0 bridgehead atoms. The van der Waals surface area contributed by atoms with Crippen molar-refractivity contribution in [1.82, 2.24) is 9.97 Å². The van der Waals surface area contributed by atoms with E-state index in [9.17, 15) is 0 Å². The van der Waals surface area contributed by atoms with Crippen LogP contribution in [-0.2, 0) is 0 Å². The van der Waals surface area contributed by atoms with Crippen LogP contribution in [0.25, 0.3) is 0 Å². The molecule has 0 aromatic carbocycles. The molecule has 0 aliphatic heterocycles. The second-order valence-corrected chi connectivity index (χ2v) is 4.04. The fourth-order valence-corrected chi connectivity index (χ4v) is 1.57. The molecule has 0 saturated heterocycles. The van der Waals surface area contributed by atoms with Gasteiger partial charge in [0.15, 0.2) is 0 Å². The fraction of sp³-hybridized carbons (Fsp3) is 0.636. The molecule has 16 heavy (non-hydrogen) atoms. The van der Waals surface area contributed by atoms with Crippen LogP contribution >= 0.6 is 11.6 Å². The van der Waals surface area contributed by atoms with Crippen LogP contribution in [0.3, 0.4) is 0 Å². The Bertz CT molecular complexity index is 309. The third-order valence-electron chi connectivity index (χ3n) is 2.01. The Kier molecular flexibility index (Phi) is 5.93. The number of nitrogens with zero attached hydrogens (tertiary/aromatic N) is 2. The molecule has 1 unspecified atom stereocenters. The van der Waals surface area contributed by atoms with E-state index in [1.807, 2.05) is 6.92 Å². The van der Waals surface area contributed by atoms with Crippen molar-refractivity contribution in [3.8, 4) is 5.88 Å². The highest BCUT2D eigenvalue weighted by molar-refractivity contribution is 6.20. The largest absolute Gasteiger partial charge is 0.478 e. The van der Waals surface area contributed by atoms with Crippen LogP contribution in [-0.4, -0.2) is 28.5 Å². The molecule has 1 N–H and O–H groups in total. The van der Waals surface area contributed by atoms with Gasteiger partial charge < -0.3 is 10.1 Å². The molecule has 5 heteroatoms. The highest BCUT2D eigenvalue weighted by Crippen LogP contribution is 2.10. The minimum Gasteiger partial charge on any atom is -0.478 e. The number of hydrogen-bond donors (Lipinski definition) is 1. The lowest BCUT2D eigenvalue weighted by Crippen LogP contribution is -2.15. The van der Waals surface area contributed by atoms with Gasteiger partial charge in [-0.15, -0.1) is 11.6 Å². The summed E-state index contributed by atoms with van der Waals surface area (Å²) in [7, 11) is 0. The average Bonchev–Trinajstić information content (AvgIpc) is 2.28. The van der Waals surface area contributed by atoms with Gasteiger partial charge in [0.1, 0.15) is 0 Å². The molecule has 0 aliphatic carbocycles. The van der Waals surface area contributed by atoms with Crippen molar-refractivity contribution in [2.24, 2.45) is 0 Å². The maximum Gasteiger partial charge on any atom is 0.225 e. The number of ether oxygens (including phenoxy) is 1. The Hall–Kier alpha value is -1.03. The Morgan fingerprint density at radius 3 is 3.00 bits per heavy atom. The normalized spacial score (nSPS) is 12.2. The second kappa shape index (κ2) is 7.28. The van der Waals surface area contributed by atoms with E-state index < -0.39 is 0 Å². The summed E-state index contributed by atoms with van der Waals surface area (Å²) >= 11 is 6.08. The molecule has 0 radical (unpaired) electrons. The number of alkyl halides is 1. The zero-order valence-corrected chi connectivity index (χ0v) is 10.5. The molecule has 0 fully saturated rings. The van der Waals surface area contributed by atoms with Gasteiger partial charge in [0.05, 0.1) is 12.0 Å². The van der Waals surface area contributed by atoms with E-state index in [1.165, 1.54) is 0 Å². The smallest absolute Gasteiger partial charge is 0.225 e. The van der Waals surface area contributed by atoms with Gasteiger partial charge >= 0.3 is 0 Å². The summed E-state index contributed by atoms with van der Waals surface area (Å²) in [5.74, 6) is 1.15. The zero-order valence-electron chi connectivity index (χ0n) is 9.74. The molecule has 4 nitrogen and oxygen atoms in total. The minimum absolute atomic E-state index is 0.115. The first-order valence-corrected chi connectivity index (χ1v) is 6.03. The van der Waals surface area contributed by atoms with E-state index in [2.05, 4.69) is 22.2 Å². The van der Waals surface area contributed by atoms with Gasteiger partial charge in [0.2, 0.25) is 11.8 Å². The first-order valence-electron chi connectivity index (χ1n) is 5.60. The second-order valence-electron chi connectivity index (χ2n) is 3.42. The third kappa shape index (κ3) is 4.66. The number of hydrogen-bond acceptors (Lipinski definition) is 4. The highest BCUT2D eigenvalue weighted by Gasteiger charge is 2.04. The molecule has 1 aromatic rings. The maximum absolute atomic E-state index is 6.08. The van der Waals surface area contributed by atoms with Crippen LogP contribution < -0.4 is 10.1 Å². The van der Waals surface area contributed by atoms with Gasteiger partial charge in [-0.25, -0.2) is 4.98 Å². The predicted octanol–water partition coefficient (Wildman–Crippen LogP) is 2.69. The van der Waals surface area contributed by atoms with Crippen LogP contribution in [0, 0.1) is 0 Å². The Morgan fingerprint density at radius 1 is 1.50 bits per heavy atom. The molecule has 1 aromatic heterocycles. The summed E-state index contributed by atoms with van der Waals surface area (Å²) in [4.78, 5) is 8.28. The molecule has 0 spiro atoms. The zero-order chi connectivity index (χ0) is 11.8. The highest BCUT2D eigenvalue weighted by atomic mass is 35.5. The van der Waals surface area contributed by atoms with Crippen molar-refractivity contribution in [2.45, 2.75) is 32.1 Å². The number of aromatic nitrogens is 2. The topological polar surface area (TPSA) is 47.0 Å². The lowest BCUT2D eigenvalue weighted by molar-refractivity contribution is 0.326. The maximum atomic E-state index is 6.08. The Labute approximate surface area is 101 Å². The molecule has 1 rings (SSSR count). The van der Waals surface area contributed by atoms with E-state index in [1.54, 1.807) is 12.3 Å². The predicted molar refractivity (Wildman–Crippen MR) is 66.2 cm³/mol. The number of anilines is 1. The molecule has 0 saturated carbocycles. The van der Waals surface area contributed by atoms with Crippen LogP contribution in [0.2, 0.25) is 0 Å². The molecule has 0 amide bonds. The van der Waals surface area contributed by atoms with Crippen LogP contribution in [0.5, 0.6) is 5.88 Å². The summed E-state index contributed by atoms with van der Waals surface area (Å²) in [5, 5.41) is 3.21. The molecule has 1 heterocycles. The summed E-state index contributed by atoms with van der Waals surface area (Å²) < 4.78 is 5.28. The first-order chi connectivity index (χ1) is 7.76. The number of halogens is 1. The van der Waals surface area contributed by atoms with Gasteiger partial charge in [0, 0.05) is 18.8 Å². The summed E-state index contributed by atoms with van der Waals surface area (Å²) in [6, 6.07) is 1.74. The van der Waals surface area contributed by atoms with Crippen LogP contribution in [0.15, 0.2) is 12.3 Å². The number of rotatable bonds is 7. The Morgan fingerprint density at radius 2 is 2.31 bits per heavy atom. The van der Waals surface area contributed by atoms with Crippen molar-refractivity contribution in [3.63, 3.8) is 0 Å². The van der Waals surface area contributed by atoms with Crippen molar-refractivity contribution in [1.29, 1.82) is 0 Å². The number of nitrogens with one attached hydrogen (secondary N) is 1. The molecular formula is C11H18ClN3O. The van der Waals surface area contributed by atoms with Gasteiger partial charge in [-0.05, 0) is 13.3 Å². The van der Waals surface area contributed by atoms with Crippen molar-refractivity contribution < 1.29 is 4.74 Å². The van der Waals surface area contributed by atoms with Gasteiger partial charge in [-0.2, -0.15) is 4.98 Å². The first kappa shape index (κ1) is 13.0. The van der Waals surface area contributed by atoms with Gasteiger partial charge in [-0.3, -0.25) is 0 Å². The monoisotopic (exact) mass is 243 g/mol. The van der Waals surface area contributed by atoms with E-state index in [0.29, 0.717) is 25.0 Å². The molecular weight excluding hydrogens is 226 g/mol. The SMILES string of the molecule is CCCC(Cl)CNc1nccc(OCC)n1. The van der Waals surface area contributed by atoms with Crippen molar-refractivity contribution in [3.05, 3.63) is 12.3 Å².